The van der Waals surface area contributed by atoms with E-state index in [1.165, 1.54) is 5.56 Å². The van der Waals surface area contributed by atoms with E-state index in [2.05, 4.69) is 29.3 Å². The Labute approximate surface area is 145 Å². The summed E-state index contributed by atoms with van der Waals surface area (Å²) in [5.41, 5.74) is 4.31. The fraction of sp³-hybridized carbons (Fsp3) is 0.579. The second kappa shape index (κ2) is 8.29. The zero-order valence-electron chi connectivity index (χ0n) is 15.3. The zero-order chi connectivity index (χ0) is 17.7. The number of hydrogen-bond acceptors (Lipinski definition) is 3. The van der Waals surface area contributed by atoms with Gasteiger partial charge in [0.1, 0.15) is 0 Å². The van der Waals surface area contributed by atoms with Gasteiger partial charge in [-0.1, -0.05) is 24.6 Å². The first-order valence-corrected chi connectivity index (χ1v) is 8.78. The Morgan fingerprint density at radius 3 is 2.33 bits per heavy atom. The molecule has 2 amide bonds. The van der Waals surface area contributed by atoms with E-state index in [1.54, 1.807) is 0 Å². The molecule has 0 spiro atoms. The molecule has 1 aliphatic rings. The second-order valence-corrected chi connectivity index (χ2v) is 6.69. The molecule has 0 aliphatic carbocycles. The first kappa shape index (κ1) is 18.5. The molecule has 132 valence electrons. The van der Waals surface area contributed by atoms with Crippen LogP contribution in [-0.4, -0.2) is 54.3 Å². The van der Waals surface area contributed by atoms with Crippen LogP contribution in [0.4, 0.5) is 5.69 Å². The molecule has 5 heteroatoms. The van der Waals surface area contributed by atoms with E-state index in [4.69, 9.17) is 0 Å². The van der Waals surface area contributed by atoms with Crippen molar-refractivity contribution in [1.82, 2.24) is 9.80 Å². The summed E-state index contributed by atoms with van der Waals surface area (Å²) in [5.74, 6) is 0.215. The van der Waals surface area contributed by atoms with E-state index in [9.17, 15) is 9.59 Å². The highest BCUT2D eigenvalue weighted by Gasteiger charge is 2.19. The van der Waals surface area contributed by atoms with E-state index in [1.807, 2.05) is 25.7 Å². The van der Waals surface area contributed by atoms with Gasteiger partial charge in [0.15, 0.2) is 0 Å². The number of anilines is 1. The molecular formula is C19H29N3O2. The van der Waals surface area contributed by atoms with Crippen LogP contribution in [0.5, 0.6) is 0 Å². The normalized spacial score (nSPS) is 15.9. The Hall–Kier alpha value is -1.88. The van der Waals surface area contributed by atoms with Gasteiger partial charge in [-0.25, -0.2) is 0 Å². The number of benzene rings is 1. The van der Waals surface area contributed by atoms with Gasteiger partial charge < -0.3 is 10.2 Å². The maximum atomic E-state index is 12.4. The standard InChI is InChI=1S/C19H29N3O2/c1-5-18(24)22-8-6-7-21(9-10-22)13-17(23)20-19-15(3)11-14(2)12-16(19)4/h11-12H,5-10,13H2,1-4H3,(H,20,23). The number of nitrogens with zero attached hydrogens (tertiary/aromatic N) is 2. The summed E-state index contributed by atoms with van der Waals surface area (Å²) >= 11 is 0. The van der Waals surface area contributed by atoms with E-state index >= 15 is 0 Å². The lowest BCUT2D eigenvalue weighted by Gasteiger charge is -2.21. The quantitative estimate of drug-likeness (QED) is 0.922. The molecule has 1 aromatic rings. The molecule has 5 nitrogen and oxygen atoms in total. The molecule has 1 saturated heterocycles. The van der Waals surface area contributed by atoms with Gasteiger partial charge in [-0.2, -0.15) is 0 Å². The third kappa shape index (κ3) is 4.81. The molecule has 24 heavy (non-hydrogen) atoms. The van der Waals surface area contributed by atoms with Crippen molar-refractivity contribution in [1.29, 1.82) is 0 Å². The third-order valence-corrected chi connectivity index (χ3v) is 4.55. The average Bonchev–Trinajstić information content (AvgIpc) is 2.75. The zero-order valence-corrected chi connectivity index (χ0v) is 15.3. The summed E-state index contributed by atoms with van der Waals surface area (Å²) < 4.78 is 0. The number of amides is 2. The fourth-order valence-corrected chi connectivity index (χ4v) is 3.36. The molecule has 0 saturated carbocycles. The van der Waals surface area contributed by atoms with Gasteiger partial charge in [0.05, 0.1) is 6.54 Å². The summed E-state index contributed by atoms with van der Waals surface area (Å²) in [6.07, 6.45) is 1.47. The molecule has 1 aliphatic heterocycles. The molecule has 1 fully saturated rings. The van der Waals surface area contributed by atoms with E-state index in [-0.39, 0.29) is 11.8 Å². The summed E-state index contributed by atoms with van der Waals surface area (Å²) in [6, 6.07) is 4.17. The van der Waals surface area contributed by atoms with Gasteiger partial charge in [0, 0.05) is 38.3 Å². The number of carbonyl (C=O) groups excluding carboxylic acids is 2. The highest BCUT2D eigenvalue weighted by atomic mass is 16.2. The Bertz CT molecular complexity index is 590. The SMILES string of the molecule is CCC(=O)N1CCCN(CC(=O)Nc2c(C)cc(C)cc2C)CC1. The fourth-order valence-electron chi connectivity index (χ4n) is 3.36. The van der Waals surface area contributed by atoms with Crippen molar-refractivity contribution in [2.24, 2.45) is 0 Å². The maximum absolute atomic E-state index is 12.4. The summed E-state index contributed by atoms with van der Waals surface area (Å²) in [7, 11) is 0. The van der Waals surface area contributed by atoms with Gasteiger partial charge >= 0.3 is 0 Å². The van der Waals surface area contributed by atoms with Crippen LogP contribution in [0.3, 0.4) is 0 Å². The van der Waals surface area contributed by atoms with Crippen LogP contribution in [0.25, 0.3) is 0 Å². The molecule has 1 heterocycles. The lowest BCUT2D eigenvalue weighted by molar-refractivity contribution is -0.130. The first-order chi connectivity index (χ1) is 11.4. The van der Waals surface area contributed by atoms with E-state index in [0.717, 1.165) is 42.9 Å². The van der Waals surface area contributed by atoms with Gasteiger partial charge in [-0.3, -0.25) is 14.5 Å². The van der Waals surface area contributed by atoms with Crippen molar-refractivity contribution >= 4 is 17.5 Å². The molecular weight excluding hydrogens is 302 g/mol. The molecule has 0 bridgehead atoms. The molecule has 0 atom stereocenters. The van der Waals surface area contributed by atoms with Crippen LogP contribution < -0.4 is 5.32 Å². The number of hydrogen-bond donors (Lipinski definition) is 1. The molecule has 0 unspecified atom stereocenters. The highest BCUT2D eigenvalue weighted by molar-refractivity contribution is 5.93. The van der Waals surface area contributed by atoms with Crippen LogP contribution in [-0.2, 0) is 9.59 Å². The minimum atomic E-state index is 0.0142. The minimum absolute atomic E-state index is 0.0142. The summed E-state index contributed by atoms with van der Waals surface area (Å²) in [5, 5.41) is 3.06. The molecule has 1 N–H and O–H groups in total. The van der Waals surface area contributed by atoms with Gasteiger partial charge in [-0.15, -0.1) is 0 Å². The highest BCUT2D eigenvalue weighted by Crippen LogP contribution is 2.21. The van der Waals surface area contributed by atoms with Crippen LogP contribution >= 0.6 is 0 Å². The van der Waals surface area contributed by atoms with Crippen molar-refractivity contribution in [2.75, 3.05) is 38.0 Å². The molecule has 2 rings (SSSR count). The number of rotatable bonds is 4. The first-order valence-electron chi connectivity index (χ1n) is 8.78. The Morgan fingerprint density at radius 2 is 1.71 bits per heavy atom. The molecule has 1 aromatic carbocycles. The van der Waals surface area contributed by atoms with Crippen LogP contribution in [0.1, 0.15) is 36.5 Å². The minimum Gasteiger partial charge on any atom is -0.341 e. The maximum Gasteiger partial charge on any atom is 0.238 e. The topological polar surface area (TPSA) is 52.7 Å². The smallest absolute Gasteiger partial charge is 0.238 e. The van der Waals surface area contributed by atoms with Gasteiger partial charge in [0.2, 0.25) is 11.8 Å². The lowest BCUT2D eigenvalue weighted by Crippen LogP contribution is -2.37. The Kier molecular flexibility index (Phi) is 6.37. The average molecular weight is 331 g/mol. The van der Waals surface area contributed by atoms with E-state index in [0.29, 0.717) is 19.5 Å². The van der Waals surface area contributed by atoms with Crippen molar-refractivity contribution in [3.63, 3.8) is 0 Å². The van der Waals surface area contributed by atoms with Crippen LogP contribution in [0.2, 0.25) is 0 Å². The van der Waals surface area contributed by atoms with Crippen LogP contribution in [0, 0.1) is 20.8 Å². The van der Waals surface area contributed by atoms with Crippen LogP contribution in [0.15, 0.2) is 12.1 Å². The molecule has 0 aromatic heterocycles. The Balaban J connectivity index is 1.92. The van der Waals surface area contributed by atoms with Gasteiger partial charge in [-0.05, 0) is 38.3 Å². The molecule has 0 radical (unpaired) electrons. The largest absolute Gasteiger partial charge is 0.341 e. The van der Waals surface area contributed by atoms with Crippen molar-refractivity contribution < 1.29 is 9.59 Å². The predicted octanol–water partition coefficient (Wildman–Crippen LogP) is 2.49. The summed E-state index contributed by atoms with van der Waals surface area (Å²) in [4.78, 5) is 28.3. The van der Waals surface area contributed by atoms with Crippen molar-refractivity contribution in [3.05, 3.63) is 28.8 Å². The van der Waals surface area contributed by atoms with Crippen molar-refractivity contribution in [2.45, 2.75) is 40.5 Å². The second-order valence-electron chi connectivity index (χ2n) is 6.69. The lowest BCUT2D eigenvalue weighted by atomic mass is 10.1. The Morgan fingerprint density at radius 1 is 1.04 bits per heavy atom. The number of carbonyl (C=O) groups is 2. The third-order valence-electron chi connectivity index (χ3n) is 4.55. The van der Waals surface area contributed by atoms with E-state index < -0.39 is 0 Å². The number of aryl methyl sites for hydroxylation is 3. The summed E-state index contributed by atoms with van der Waals surface area (Å²) in [6.45, 7) is 11.5. The van der Waals surface area contributed by atoms with Crippen molar-refractivity contribution in [3.8, 4) is 0 Å². The number of nitrogens with one attached hydrogen (secondary N) is 1. The monoisotopic (exact) mass is 331 g/mol. The predicted molar refractivity (Wildman–Crippen MR) is 97.2 cm³/mol. The van der Waals surface area contributed by atoms with Gasteiger partial charge in [0.25, 0.3) is 0 Å².